The van der Waals surface area contributed by atoms with Gasteiger partial charge in [-0.1, -0.05) is 0 Å². The number of nitrogens with one attached hydrogen (secondary N) is 1. The van der Waals surface area contributed by atoms with Crippen molar-refractivity contribution in [2.24, 2.45) is 0 Å². The Balaban J connectivity index is 1.92. The molecule has 0 aliphatic heterocycles. The summed E-state index contributed by atoms with van der Waals surface area (Å²) in [6, 6.07) is 0.792. The van der Waals surface area contributed by atoms with E-state index in [1.807, 2.05) is 6.92 Å². The largest absolute Gasteiger partial charge is 0.314 e. The number of hydrogen-bond acceptors (Lipinski definition) is 2. The standard InChI is InChI=1S/C15H23N3/c1-4-5-6-11-18-13(3)15(12(2)17-18)9-10-16-14-7-8-14/h14,16H,6-11H2,1-3H3. The molecular formula is C15H23N3. The van der Waals surface area contributed by atoms with Gasteiger partial charge in [0.25, 0.3) is 0 Å². The number of hydrogen-bond donors (Lipinski definition) is 1. The lowest BCUT2D eigenvalue weighted by atomic mass is 10.1. The Morgan fingerprint density at radius 2 is 2.17 bits per heavy atom. The summed E-state index contributed by atoms with van der Waals surface area (Å²) in [5, 5.41) is 8.18. The molecular weight excluding hydrogens is 222 g/mol. The van der Waals surface area contributed by atoms with Crippen LogP contribution in [0.2, 0.25) is 0 Å². The van der Waals surface area contributed by atoms with Crippen LogP contribution < -0.4 is 5.32 Å². The van der Waals surface area contributed by atoms with Gasteiger partial charge in [-0.15, -0.1) is 11.8 Å². The molecule has 1 aliphatic rings. The molecule has 98 valence electrons. The topological polar surface area (TPSA) is 29.9 Å². The second-order valence-corrected chi connectivity index (χ2v) is 5.03. The summed E-state index contributed by atoms with van der Waals surface area (Å²) in [5.74, 6) is 6.03. The number of aryl methyl sites for hydroxylation is 2. The fraction of sp³-hybridized carbons (Fsp3) is 0.667. The van der Waals surface area contributed by atoms with Gasteiger partial charge in [0.1, 0.15) is 0 Å². The van der Waals surface area contributed by atoms with Crippen molar-refractivity contribution < 1.29 is 0 Å². The highest BCUT2D eigenvalue weighted by Crippen LogP contribution is 2.19. The van der Waals surface area contributed by atoms with Crippen LogP contribution in [0.1, 0.15) is 43.1 Å². The molecule has 1 saturated carbocycles. The van der Waals surface area contributed by atoms with Crippen LogP contribution in [0.4, 0.5) is 0 Å². The van der Waals surface area contributed by atoms with Gasteiger partial charge in [0.15, 0.2) is 0 Å². The summed E-state index contributed by atoms with van der Waals surface area (Å²) in [5.41, 5.74) is 3.89. The third kappa shape index (κ3) is 3.36. The molecule has 0 aromatic carbocycles. The minimum Gasteiger partial charge on any atom is -0.314 e. The van der Waals surface area contributed by atoms with Crippen molar-refractivity contribution in [2.75, 3.05) is 6.54 Å². The van der Waals surface area contributed by atoms with Gasteiger partial charge in [-0.3, -0.25) is 4.68 Å². The molecule has 1 aromatic heterocycles. The molecule has 1 aliphatic carbocycles. The van der Waals surface area contributed by atoms with E-state index in [1.165, 1.54) is 29.8 Å². The second kappa shape index (κ2) is 6.06. The van der Waals surface area contributed by atoms with Crippen LogP contribution in [0, 0.1) is 25.7 Å². The van der Waals surface area contributed by atoms with Gasteiger partial charge in [-0.25, -0.2) is 0 Å². The molecule has 18 heavy (non-hydrogen) atoms. The van der Waals surface area contributed by atoms with Gasteiger partial charge < -0.3 is 5.32 Å². The summed E-state index contributed by atoms with van der Waals surface area (Å²) in [6.07, 6.45) is 4.69. The summed E-state index contributed by atoms with van der Waals surface area (Å²) < 4.78 is 2.10. The van der Waals surface area contributed by atoms with Crippen molar-refractivity contribution in [2.45, 2.75) is 59.0 Å². The highest BCUT2D eigenvalue weighted by molar-refractivity contribution is 5.25. The predicted octanol–water partition coefficient (Wildman–Crippen LogP) is 2.21. The summed E-state index contributed by atoms with van der Waals surface area (Å²) >= 11 is 0. The molecule has 2 rings (SSSR count). The van der Waals surface area contributed by atoms with E-state index >= 15 is 0 Å². The Morgan fingerprint density at radius 1 is 1.39 bits per heavy atom. The van der Waals surface area contributed by atoms with E-state index in [-0.39, 0.29) is 0 Å². The molecule has 1 fully saturated rings. The smallest absolute Gasteiger partial charge is 0.0628 e. The van der Waals surface area contributed by atoms with E-state index in [4.69, 9.17) is 0 Å². The molecule has 3 heteroatoms. The minimum atomic E-state index is 0.792. The highest BCUT2D eigenvalue weighted by Gasteiger charge is 2.20. The van der Waals surface area contributed by atoms with Crippen LogP contribution in [-0.4, -0.2) is 22.4 Å². The van der Waals surface area contributed by atoms with Crippen LogP contribution in [0.3, 0.4) is 0 Å². The van der Waals surface area contributed by atoms with Crippen molar-refractivity contribution in [3.8, 4) is 11.8 Å². The van der Waals surface area contributed by atoms with Gasteiger partial charge in [-0.05, 0) is 52.1 Å². The van der Waals surface area contributed by atoms with Gasteiger partial charge >= 0.3 is 0 Å². The van der Waals surface area contributed by atoms with Crippen molar-refractivity contribution in [3.63, 3.8) is 0 Å². The van der Waals surface area contributed by atoms with Crippen LogP contribution >= 0.6 is 0 Å². The highest BCUT2D eigenvalue weighted by atomic mass is 15.3. The van der Waals surface area contributed by atoms with E-state index in [0.29, 0.717) is 0 Å². The van der Waals surface area contributed by atoms with Gasteiger partial charge in [0.05, 0.1) is 12.2 Å². The van der Waals surface area contributed by atoms with Gasteiger partial charge in [-0.2, -0.15) is 5.10 Å². The average Bonchev–Trinajstić information content (AvgIpc) is 3.12. The van der Waals surface area contributed by atoms with Crippen molar-refractivity contribution >= 4 is 0 Å². The molecule has 0 unspecified atom stereocenters. The molecule has 0 spiro atoms. The molecule has 0 bridgehead atoms. The number of rotatable bonds is 6. The van der Waals surface area contributed by atoms with Crippen LogP contribution in [0.5, 0.6) is 0 Å². The first-order valence-corrected chi connectivity index (χ1v) is 6.88. The van der Waals surface area contributed by atoms with E-state index < -0.39 is 0 Å². The van der Waals surface area contributed by atoms with Crippen LogP contribution in [0.25, 0.3) is 0 Å². The van der Waals surface area contributed by atoms with Crippen LogP contribution in [0.15, 0.2) is 0 Å². The minimum absolute atomic E-state index is 0.792. The molecule has 0 saturated heterocycles. The lowest BCUT2D eigenvalue weighted by Gasteiger charge is -2.04. The lowest BCUT2D eigenvalue weighted by molar-refractivity contribution is 0.606. The zero-order chi connectivity index (χ0) is 13.0. The quantitative estimate of drug-likeness (QED) is 0.779. The van der Waals surface area contributed by atoms with E-state index in [0.717, 1.165) is 32.0 Å². The van der Waals surface area contributed by atoms with E-state index in [9.17, 15) is 0 Å². The fourth-order valence-corrected chi connectivity index (χ4v) is 2.29. The predicted molar refractivity (Wildman–Crippen MR) is 74.5 cm³/mol. The summed E-state index contributed by atoms with van der Waals surface area (Å²) in [4.78, 5) is 0. The number of nitrogens with zero attached hydrogens (tertiary/aromatic N) is 2. The molecule has 0 radical (unpaired) electrons. The van der Waals surface area contributed by atoms with Gasteiger partial charge in [0.2, 0.25) is 0 Å². The molecule has 3 nitrogen and oxygen atoms in total. The third-order valence-corrected chi connectivity index (χ3v) is 3.54. The maximum atomic E-state index is 4.62. The van der Waals surface area contributed by atoms with Crippen molar-refractivity contribution in [1.29, 1.82) is 0 Å². The molecule has 0 amide bonds. The van der Waals surface area contributed by atoms with E-state index in [1.54, 1.807) is 0 Å². The monoisotopic (exact) mass is 245 g/mol. The molecule has 1 heterocycles. The normalized spacial score (nSPS) is 14.4. The average molecular weight is 245 g/mol. The number of aromatic nitrogens is 2. The van der Waals surface area contributed by atoms with Gasteiger partial charge in [0, 0.05) is 18.2 Å². The zero-order valence-electron chi connectivity index (χ0n) is 11.7. The summed E-state index contributed by atoms with van der Waals surface area (Å²) in [6.45, 7) is 8.15. The Morgan fingerprint density at radius 3 is 2.83 bits per heavy atom. The molecule has 1 aromatic rings. The summed E-state index contributed by atoms with van der Waals surface area (Å²) in [7, 11) is 0. The Labute approximate surface area is 110 Å². The second-order valence-electron chi connectivity index (χ2n) is 5.03. The van der Waals surface area contributed by atoms with Crippen molar-refractivity contribution in [1.82, 2.24) is 15.1 Å². The first-order valence-electron chi connectivity index (χ1n) is 6.88. The fourth-order valence-electron chi connectivity index (χ4n) is 2.29. The van der Waals surface area contributed by atoms with Crippen LogP contribution in [-0.2, 0) is 13.0 Å². The Bertz CT molecular complexity index is 458. The lowest BCUT2D eigenvalue weighted by Crippen LogP contribution is -2.19. The Hall–Kier alpha value is -1.27. The third-order valence-electron chi connectivity index (χ3n) is 3.54. The zero-order valence-corrected chi connectivity index (χ0v) is 11.7. The first-order chi connectivity index (χ1) is 8.72. The van der Waals surface area contributed by atoms with E-state index in [2.05, 4.69) is 40.8 Å². The van der Waals surface area contributed by atoms with Crippen molar-refractivity contribution in [3.05, 3.63) is 17.0 Å². The molecule has 0 atom stereocenters. The Kier molecular flexibility index (Phi) is 4.43. The first kappa shape index (κ1) is 13.2. The maximum Gasteiger partial charge on any atom is 0.0628 e. The SMILES string of the molecule is CC#CCCn1nc(C)c(CCNC2CC2)c1C. The maximum absolute atomic E-state index is 4.62. The molecule has 1 N–H and O–H groups in total.